The number of nitrogens with two attached hydrogens (primary N) is 1. The van der Waals surface area contributed by atoms with Crippen molar-refractivity contribution >= 4 is 0 Å². The average Bonchev–Trinajstić information content (AvgIpc) is 1.62. The zero-order chi connectivity index (χ0) is 7.65. The number of hydrazine groups is 1. The van der Waals surface area contributed by atoms with Gasteiger partial charge in [-0.3, -0.25) is 5.84 Å². The Bertz CT molecular complexity index is 81.4. The van der Waals surface area contributed by atoms with E-state index in [4.69, 9.17) is 5.84 Å². The predicted octanol–water partition coefficient (Wildman–Crippen LogP) is 1.23. The van der Waals surface area contributed by atoms with E-state index < -0.39 is 0 Å². The molecule has 2 nitrogen and oxygen atoms in total. The van der Waals surface area contributed by atoms with Gasteiger partial charge in [-0.2, -0.15) is 0 Å². The van der Waals surface area contributed by atoms with Crippen molar-refractivity contribution in [3.8, 4) is 0 Å². The molecular formula is C7H18N2. The van der Waals surface area contributed by atoms with Crippen LogP contribution in [0.2, 0.25) is 0 Å². The van der Waals surface area contributed by atoms with Gasteiger partial charge in [0, 0.05) is 13.1 Å². The standard InChI is InChI=1S/C7H18N2/c1-6(9(5)8)7(2,3)4/h6H,8H2,1-5H3. The Morgan fingerprint density at radius 3 is 1.67 bits per heavy atom. The maximum Gasteiger partial charge on any atom is 0.0258 e. The summed E-state index contributed by atoms with van der Waals surface area (Å²) in [5.74, 6) is 5.56. The summed E-state index contributed by atoms with van der Waals surface area (Å²) in [5, 5.41) is 1.75. The van der Waals surface area contributed by atoms with Crippen molar-refractivity contribution in [1.29, 1.82) is 0 Å². The molecule has 0 bridgehead atoms. The number of hydrogen-bond donors (Lipinski definition) is 1. The van der Waals surface area contributed by atoms with E-state index in [1.54, 1.807) is 5.01 Å². The van der Waals surface area contributed by atoms with Crippen molar-refractivity contribution in [3.05, 3.63) is 0 Å². The highest BCUT2D eigenvalue weighted by molar-refractivity contribution is 4.74. The van der Waals surface area contributed by atoms with E-state index >= 15 is 0 Å². The normalized spacial score (nSPS) is 16.3. The lowest BCUT2D eigenvalue weighted by Gasteiger charge is -2.32. The molecule has 0 fully saturated rings. The summed E-state index contributed by atoms with van der Waals surface area (Å²) in [6.07, 6.45) is 0. The van der Waals surface area contributed by atoms with E-state index in [0.717, 1.165) is 0 Å². The summed E-state index contributed by atoms with van der Waals surface area (Å²) in [4.78, 5) is 0. The van der Waals surface area contributed by atoms with E-state index in [9.17, 15) is 0 Å². The average molecular weight is 130 g/mol. The first-order valence-electron chi connectivity index (χ1n) is 3.33. The van der Waals surface area contributed by atoms with E-state index in [2.05, 4.69) is 27.7 Å². The predicted molar refractivity (Wildman–Crippen MR) is 40.9 cm³/mol. The van der Waals surface area contributed by atoms with E-state index in [1.807, 2.05) is 7.05 Å². The van der Waals surface area contributed by atoms with Crippen molar-refractivity contribution in [2.45, 2.75) is 33.7 Å². The van der Waals surface area contributed by atoms with Crippen LogP contribution in [-0.2, 0) is 0 Å². The molecule has 9 heavy (non-hydrogen) atoms. The fraction of sp³-hybridized carbons (Fsp3) is 1.00. The summed E-state index contributed by atoms with van der Waals surface area (Å²) >= 11 is 0. The monoisotopic (exact) mass is 130 g/mol. The third-order valence-corrected chi connectivity index (χ3v) is 1.86. The second-order valence-electron chi connectivity index (χ2n) is 3.71. The molecule has 2 N–H and O–H groups in total. The van der Waals surface area contributed by atoms with Gasteiger partial charge in [0.05, 0.1) is 0 Å². The number of nitrogens with zero attached hydrogens (tertiary/aromatic N) is 1. The molecular weight excluding hydrogens is 112 g/mol. The second-order valence-corrected chi connectivity index (χ2v) is 3.71. The first-order valence-corrected chi connectivity index (χ1v) is 3.33. The summed E-state index contributed by atoms with van der Waals surface area (Å²) in [6.45, 7) is 8.67. The Balaban J connectivity index is 3.88. The van der Waals surface area contributed by atoms with Crippen LogP contribution in [-0.4, -0.2) is 18.1 Å². The maximum atomic E-state index is 5.56. The van der Waals surface area contributed by atoms with E-state index in [0.29, 0.717) is 6.04 Å². The fourth-order valence-electron chi connectivity index (χ4n) is 0.611. The molecule has 0 aliphatic heterocycles. The van der Waals surface area contributed by atoms with Gasteiger partial charge in [0.2, 0.25) is 0 Å². The molecule has 1 unspecified atom stereocenters. The molecule has 1 atom stereocenters. The van der Waals surface area contributed by atoms with Gasteiger partial charge in [0.1, 0.15) is 0 Å². The zero-order valence-corrected chi connectivity index (χ0v) is 7.10. The highest BCUT2D eigenvalue weighted by atomic mass is 15.4. The number of hydrogen-bond acceptors (Lipinski definition) is 2. The second kappa shape index (κ2) is 2.67. The summed E-state index contributed by atoms with van der Waals surface area (Å²) in [5.41, 5.74) is 0.281. The van der Waals surface area contributed by atoms with Crippen LogP contribution in [0.4, 0.5) is 0 Å². The van der Waals surface area contributed by atoms with Crippen LogP contribution in [0, 0.1) is 5.41 Å². The lowest BCUT2D eigenvalue weighted by atomic mass is 9.88. The Labute approximate surface area is 58.0 Å². The Morgan fingerprint density at radius 2 is 1.67 bits per heavy atom. The molecule has 0 aromatic rings. The first kappa shape index (κ1) is 8.92. The van der Waals surface area contributed by atoms with E-state index in [-0.39, 0.29) is 5.41 Å². The molecule has 0 radical (unpaired) electrons. The SMILES string of the molecule is CC(N(C)N)C(C)(C)C. The van der Waals surface area contributed by atoms with Gasteiger partial charge >= 0.3 is 0 Å². The van der Waals surface area contributed by atoms with Gasteiger partial charge in [0.15, 0.2) is 0 Å². The first-order chi connectivity index (χ1) is 3.85. The van der Waals surface area contributed by atoms with Crippen molar-refractivity contribution in [2.75, 3.05) is 7.05 Å². The molecule has 0 aliphatic rings. The summed E-state index contributed by atoms with van der Waals surface area (Å²) < 4.78 is 0. The minimum absolute atomic E-state index is 0.281. The van der Waals surface area contributed by atoms with Crippen LogP contribution >= 0.6 is 0 Å². The van der Waals surface area contributed by atoms with Crippen molar-refractivity contribution in [3.63, 3.8) is 0 Å². The third-order valence-electron chi connectivity index (χ3n) is 1.86. The highest BCUT2D eigenvalue weighted by Gasteiger charge is 2.21. The minimum Gasteiger partial charge on any atom is -0.269 e. The molecule has 0 spiro atoms. The molecule has 0 aliphatic carbocycles. The van der Waals surface area contributed by atoms with Gasteiger partial charge in [-0.25, -0.2) is 5.01 Å². The van der Waals surface area contributed by atoms with Crippen molar-refractivity contribution in [2.24, 2.45) is 11.3 Å². The summed E-state index contributed by atoms with van der Waals surface area (Å²) in [6, 6.07) is 0.428. The third kappa shape index (κ3) is 2.82. The highest BCUT2D eigenvalue weighted by Crippen LogP contribution is 2.20. The largest absolute Gasteiger partial charge is 0.269 e. The van der Waals surface area contributed by atoms with Crippen LogP contribution in [0.15, 0.2) is 0 Å². The molecule has 0 aromatic heterocycles. The van der Waals surface area contributed by atoms with Crippen LogP contribution < -0.4 is 5.84 Å². The molecule has 0 rings (SSSR count). The molecule has 0 saturated heterocycles. The fourth-order valence-corrected chi connectivity index (χ4v) is 0.611. The van der Waals surface area contributed by atoms with Gasteiger partial charge in [-0.1, -0.05) is 20.8 Å². The van der Waals surface area contributed by atoms with Crippen LogP contribution in [0.25, 0.3) is 0 Å². The Morgan fingerprint density at radius 1 is 1.33 bits per heavy atom. The molecule has 0 heterocycles. The van der Waals surface area contributed by atoms with Gasteiger partial charge in [0.25, 0.3) is 0 Å². The lowest BCUT2D eigenvalue weighted by Crippen LogP contribution is -2.43. The van der Waals surface area contributed by atoms with Crippen LogP contribution in [0.3, 0.4) is 0 Å². The van der Waals surface area contributed by atoms with Crippen LogP contribution in [0.5, 0.6) is 0 Å². The zero-order valence-electron chi connectivity index (χ0n) is 7.10. The number of rotatable bonds is 1. The quantitative estimate of drug-likeness (QED) is 0.427. The molecule has 0 amide bonds. The molecule has 0 saturated carbocycles. The molecule has 2 heteroatoms. The topological polar surface area (TPSA) is 29.3 Å². The smallest absolute Gasteiger partial charge is 0.0258 e. The Kier molecular flexibility index (Phi) is 2.65. The minimum atomic E-state index is 0.281. The lowest BCUT2D eigenvalue weighted by molar-refractivity contribution is 0.143. The van der Waals surface area contributed by atoms with Gasteiger partial charge < -0.3 is 0 Å². The summed E-state index contributed by atoms with van der Waals surface area (Å²) in [7, 11) is 1.90. The van der Waals surface area contributed by atoms with Crippen molar-refractivity contribution in [1.82, 2.24) is 5.01 Å². The maximum absolute atomic E-state index is 5.56. The van der Waals surface area contributed by atoms with Gasteiger partial charge in [-0.05, 0) is 12.3 Å². The van der Waals surface area contributed by atoms with E-state index in [1.165, 1.54) is 0 Å². The van der Waals surface area contributed by atoms with Crippen LogP contribution in [0.1, 0.15) is 27.7 Å². The molecule has 56 valence electrons. The Hall–Kier alpha value is -0.0800. The molecule has 0 aromatic carbocycles. The van der Waals surface area contributed by atoms with Gasteiger partial charge in [-0.15, -0.1) is 0 Å². The van der Waals surface area contributed by atoms with Crippen molar-refractivity contribution < 1.29 is 0 Å².